The number of rotatable bonds is 4. The van der Waals surface area contributed by atoms with Crippen LogP contribution in [0.3, 0.4) is 0 Å². The van der Waals surface area contributed by atoms with Gasteiger partial charge in [0.1, 0.15) is 17.7 Å². The highest BCUT2D eigenvalue weighted by Crippen LogP contribution is 2.39. The summed E-state index contributed by atoms with van der Waals surface area (Å²) < 4.78 is 6.02. The molecule has 1 N–H and O–H groups in total. The lowest BCUT2D eigenvalue weighted by Crippen LogP contribution is -2.51. The zero-order chi connectivity index (χ0) is 26.9. The fraction of sp³-hybridized carbons (Fsp3) is 0.452. The Labute approximate surface area is 242 Å². The lowest BCUT2D eigenvalue weighted by atomic mass is 9.93. The highest BCUT2D eigenvalue weighted by Gasteiger charge is 2.33. The van der Waals surface area contributed by atoms with E-state index in [2.05, 4.69) is 88.5 Å². The van der Waals surface area contributed by atoms with E-state index in [4.69, 9.17) is 9.72 Å². The van der Waals surface area contributed by atoms with Crippen LogP contribution in [-0.2, 0) is 17.7 Å². The van der Waals surface area contributed by atoms with E-state index in [0.717, 1.165) is 49.8 Å². The van der Waals surface area contributed by atoms with E-state index in [0.29, 0.717) is 31.6 Å². The Hall–Kier alpha value is -3.56. The fourth-order valence-corrected chi connectivity index (χ4v) is 6.51. The molecule has 0 saturated carbocycles. The third-order valence-corrected chi connectivity index (χ3v) is 8.18. The zero-order valence-corrected chi connectivity index (χ0v) is 24.0. The molecule has 208 valence electrons. The smallest absolute Gasteiger partial charge is 0.149 e. The van der Waals surface area contributed by atoms with Crippen molar-refractivity contribution in [3.05, 3.63) is 59.2 Å². The van der Waals surface area contributed by atoms with Gasteiger partial charge in [0.05, 0.1) is 30.3 Å². The summed E-state index contributed by atoms with van der Waals surface area (Å²) in [4.78, 5) is 12.3. The maximum Gasteiger partial charge on any atom is 0.149 e. The molecule has 0 bridgehead atoms. The normalized spacial score (nSPS) is 22.7. The number of pyridine rings is 1. The molecule has 2 aromatic carbocycles. The quantitative estimate of drug-likeness (QED) is 0.505. The van der Waals surface area contributed by atoms with Gasteiger partial charge in [0.25, 0.3) is 0 Å². The molecule has 9 heteroatoms. The van der Waals surface area contributed by atoms with Crippen LogP contribution in [-0.4, -0.2) is 62.5 Å². The molecule has 4 heterocycles. The van der Waals surface area contributed by atoms with E-state index in [1.165, 1.54) is 22.0 Å². The number of nitrogens with zero attached hydrogens (tertiary/aromatic N) is 6. The van der Waals surface area contributed by atoms with E-state index < -0.39 is 0 Å². The van der Waals surface area contributed by atoms with Crippen molar-refractivity contribution in [3.8, 4) is 12.1 Å². The first kappa shape index (κ1) is 28.0. The summed E-state index contributed by atoms with van der Waals surface area (Å²) in [6.07, 6.45) is 1.41. The summed E-state index contributed by atoms with van der Waals surface area (Å²) in [5, 5.41) is 25.8. The van der Waals surface area contributed by atoms with Crippen LogP contribution < -0.4 is 20.0 Å². The van der Waals surface area contributed by atoms with Crippen LogP contribution in [0.15, 0.2) is 42.5 Å². The van der Waals surface area contributed by atoms with Crippen LogP contribution >= 0.6 is 12.4 Å². The van der Waals surface area contributed by atoms with Gasteiger partial charge in [-0.25, -0.2) is 4.98 Å². The lowest BCUT2D eigenvalue weighted by molar-refractivity contribution is -0.00547. The van der Waals surface area contributed by atoms with Crippen molar-refractivity contribution in [2.75, 3.05) is 54.0 Å². The Bertz CT molecular complexity index is 1450. The van der Waals surface area contributed by atoms with Gasteiger partial charge in [0, 0.05) is 68.5 Å². The molecule has 2 unspecified atom stereocenters. The minimum atomic E-state index is 0. The van der Waals surface area contributed by atoms with Gasteiger partial charge in [-0.1, -0.05) is 36.4 Å². The second-order valence-electron chi connectivity index (χ2n) is 11.0. The first-order valence-corrected chi connectivity index (χ1v) is 14.0. The Morgan fingerprint density at radius 3 is 2.48 bits per heavy atom. The van der Waals surface area contributed by atoms with E-state index >= 15 is 0 Å². The topological polar surface area (TPSA) is 91.5 Å². The van der Waals surface area contributed by atoms with Crippen molar-refractivity contribution in [3.63, 3.8) is 0 Å². The van der Waals surface area contributed by atoms with Gasteiger partial charge in [-0.3, -0.25) is 0 Å². The molecule has 2 saturated heterocycles. The summed E-state index contributed by atoms with van der Waals surface area (Å²) in [5.41, 5.74) is 4.15. The second-order valence-corrected chi connectivity index (χ2v) is 11.0. The first-order valence-electron chi connectivity index (χ1n) is 14.0. The molecule has 3 atom stereocenters. The molecule has 8 nitrogen and oxygen atoms in total. The largest absolute Gasteiger partial charge is 0.372 e. The molecule has 2 fully saturated rings. The van der Waals surface area contributed by atoms with Crippen molar-refractivity contribution >= 4 is 40.5 Å². The number of hydrogen-bond donors (Lipinski definition) is 1. The highest BCUT2D eigenvalue weighted by atomic mass is 35.5. The number of fused-ring (bicyclic) bond motifs is 2. The van der Waals surface area contributed by atoms with Crippen LogP contribution in [0.5, 0.6) is 0 Å². The lowest BCUT2D eigenvalue weighted by Gasteiger charge is -2.41. The minimum Gasteiger partial charge on any atom is -0.372 e. The molecule has 40 heavy (non-hydrogen) atoms. The second kappa shape index (κ2) is 11.9. The number of halogens is 1. The number of nitrogens with one attached hydrogen (secondary N) is 1. The number of piperazine rings is 1. The van der Waals surface area contributed by atoms with Crippen molar-refractivity contribution in [1.82, 2.24) is 10.3 Å². The maximum absolute atomic E-state index is 10.6. The zero-order valence-electron chi connectivity index (χ0n) is 23.1. The molecule has 0 amide bonds. The number of hydrogen-bond acceptors (Lipinski definition) is 8. The first-order chi connectivity index (χ1) is 19.1. The Balaban J connectivity index is 0.00000323. The minimum absolute atomic E-state index is 0. The maximum atomic E-state index is 10.6. The Morgan fingerprint density at radius 2 is 1.70 bits per heavy atom. The molecule has 3 aliphatic heterocycles. The van der Waals surface area contributed by atoms with Gasteiger partial charge in [0.15, 0.2) is 0 Å². The number of ether oxygens (including phenoxy) is 1. The highest BCUT2D eigenvalue weighted by molar-refractivity contribution is 5.94. The Kier molecular flexibility index (Phi) is 8.32. The predicted molar refractivity (Wildman–Crippen MR) is 161 cm³/mol. The molecule has 0 radical (unpaired) electrons. The van der Waals surface area contributed by atoms with E-state index in [-0.39, 0.29) is 30.7 Å². The number of aromatic nitrogens is 1. The van der Waals surface area contributed by atoms with Gasteiger partial charge in [-0.15, -0.1) is 12.4 Å². The summed E-state index contributed by atoms with van der Waals surface area (Å²) in [7, 11) is 0. The molecule has 0 aliphatic carbocycles. The van der Waals surface area contributed by atoms with Crippen LogP contribution in [0.1, 0.15) is 37.0 Å². The Morgan fingerprint density at radius 1 is 0.925 bits per heavy atom. The van der Waals surface area contributed by atoms with Crippen LogP contribution in [0, 0.1) is 22.7 Å². The fourth-order valence-electron chi connectivity index (χ4n) is 6.51. The van der Waals surface area contributed by atoms with Crippen LogP contribution in [0.4, 0.5) is 17.3 Å². The van der Waals surface area contributed by atoms with E-state index in [9.17, 15) is 10.5 Å². The van der Waals surface area contributed by atoms with Gasteiger partial charge in [-0.05, 0) is 37.3 Å². The summed E-state index contributed by atoms with van der Waals surface area (Å²) in [6, 6.07) is 20.0. The number of nitriles is 2. The van der Waals surface area contributed by atoms with Gasteiger partial charge >= 0.3 is 0 Å². The summed E-state index contributed by atoms with van der Waals surface area (Å²) in [5.74, 6) is 1.75. The molecule has 3 aromatic rings. The third kappa shape index (κ3) is 5.28. The number of morpholine rings is 1. The predicted octanol–water partition coefficient (Wildman–Crippen LogP) is 4.40. The number of benzene rings is 2. The molecule has 0 spiro atoms. The van der Waals surface area contributed by atoms with Gasteiger partial charge in [-0.2, -0.15) is 10.5 Å². The molecular formula is C31H36ClN7O. The van der Waals surface area contributed by atoms with Gasteiger partial charge in [0.2, 0.25) is 0 Å². The summed E-state index contributed by atoms with van der Waals surface area (Å²) >= 11 is 0. The standard InChI is InChI=1S/C31H35N7O.ClH/c1-21-17-38(18-22(2)39-21)31-27(16-33)28-20-36(29-9-5-7-23-6-3-4-8-25(23)29)14-11-26(28)30(35-31)37-15-13-34-24(19-37)10-12-32;/h3-9,21-22,24,34H,10-11,13-15,17-20H2,1-2H3;1H/t21?,22?,24-;/m1./s1. The van der Waals surface area contributed by atoms with Crippen molar-refractivity contribution < 1.29 is 4.74 Å². The average molecular weight is 558 g/mol. The van der Waals surface area contributed by atoms with Crippen molar-refractivity contribution in [2.45, 2.75) is 51.5 Å². The van der Waals surface area contributed by atoms with E-state index in [1.807, 2.05) is 0 Å². The average Bonchev–Trinajstić information content (AvgIpc) is 2.95. The van der Waals surface area contributed by atoms with Crippen LogP contribution in [0.25, 0.3) is 10.8 Å². The number of anilines is 3. The molecule has 6 rings (SSSR count). The van der Waals surface area contributed by atoms with Crippen molar-refractivity contribution in [2.24, 2.45) is 0 Å². The van der Waals surface area contributed by atoms with E-state index in [1.54, 1.807) is 0 Å². The van der Waals surface area contributed by atoms with Crippen LogP contribution in [0.2, 0.25) is 0 Å². The SMILES string of the molecule is CC1CN(c2nc(N3CCN[C@H](CC#N)C3)c3c(c2C#N)CN(c2cccc4ccccc24)CC3)CC(C)O1.Cl. The molecule has 1 aromatic heterocycles. The van der Waals surface area contributed by atoms with Gasteiger partial charge < -0.3 is 24.8 Å². The monoisotopic (exact) mass is 557 g/mol. The molecular weight excluding hydrogens is 522 g/mol. The van der Waals surface area contributed by atoms with Crippen molar-refractivity contribution in [1.29, 1.82) is 10.5 Å². The summed E-state index contributed by atoms with van der Waals surface area (Å²) in [6.45, 7) is 9.48. The molecule has 3 aliphatic rings. The third-order valence-electron chi connectivity index (χ3n) is 8.18.